The number of rotatable bonds is 2. The Balaban J connectivity index is 1.46. The molecule has 0 saturated carbocycles. The first-order valence-electron chi connectivity index (χ1n) is 7.99. The van der Waals surface area contributed by atoms with Crippen molar-refractivity contribution in [2.75, 3.05) is 26.2 Å². The normalized spacial score (nSPS) is 24.2. The van der Waals surface area contributed by atoms with Gasteiger partial charge in [0.15, 0.2) is 0 Å². The number of hydrogen-bond acceptors (Lipinski definition) is 4. The number of amides is 1. The smallest absolute Gasteiger partial charge is 0.410 e. The van der Waals surface area contributed by atoms with Gasteiger partial charge in [-0.1, -0.05) is 30.3 Å². The highest BCUT2D eigenvalue weighted by atomic mass is 16.6. The Morgan fingerprint density at radius 2 is 2.09 bits per heavy atom. The molecule has 5 heteroatoms. The Kier molecular flexibility index (Phi) is 4.64. The Bertz CT molecular complexity index is 488. The largest absolute Gasteiger partial charge is 0.445 e. The van der Waals surface area contributed by atoms with E-state index in [2.05, 4.69) is 12.2 Å². The lowest BCUT2D eigenvalue weighted by molar-refractivity contribution is -0.0451. The van der Waals surface area contributed by atoms with Crippen molar-refractivity contribution < 1.29 is 14.3 Å². The highest BCUT2D eigenvalue weighted by Gasteiger charge is 2.39. The minimum atomic E-state index is -0.219. The standard InChI is InChI=1S/C17H24N2O3/c1-14-11-18-17(13-22-14)7-9-19(10-8-17)16(20)21-12-15-5-3-2-4-6-15/h2-6,14,18H,7-13H2,1H3. The van der Waals surface area contributed by atoms with Crippen LogP contribution in [0.15, 0.2) is 30.3 Å². The molecule has 0 aromatic heterocycles. The second kappa shape index (κ2) is 6.67. The molecule has 1 amide bonds. The predicted molar refractivity (Wildman–Crippen MR) is 83.6 cm³/mol. The van der Waals surface area contributed by atoms with Crippen molar-refractivity contribution in [3.8, 4) is 0 Å². The van der Waals surface area contributed by atoms with Gasteiger partial charge < -0.3 is 19.7 Å². The molecule has 0 bridgehead atoms. The number of nitrogens with one attached hydrogen (secondary N) is 1. The molecule has 2 fully saturated rings. The molecule has 1 N–H and O–H groups in total. The Morgan fingerprint density at radius 1 is 1.36 bits per heavy atom. The summed E-state index contributed by atoms with van der Waals surface area (Å²) in [5.74, 6) is 0. The van der Waals surface area contributed by atoms with Crippen LogP contribution in [0.5, 0.6) is 0 Å². The number of morpholine rings is 1. The van der Waals surface area contributed by atoms with E-state index in [0.29, 0.717) is 6.61 Å². The number of carbonyl (C=O) groups excluding carboxylic acids is 1. The van der Waals surface area contributed by atoms with E-state index in [9.17, 15) is 4.79 Å². The summed E-state index contributed by atoms with van der Waals surface area (Å²) < 4.78 is 11.2. The summed E-state index contributed by atoms with van der Waals surface area (Å²) in [6.07, 6.45) is 1.89. The first kappa shape index (κ1) is 15.3. The average molecular weight is 304 g/mol. The lowest BCUT2D eigenvalue weighted by atomic mass is 9.87. The maximum absolute atomic E-state index is 12.1. The van der Waals surface area contributed by atoms with Gasteiger partial charge in [0, 0.05) is 25.2 Å². The maximum atomic E-state index is 12.1. The highest BCUT2D eigenvalue weighted by Crippen LogP contribution is 2.26. The molecule has 1 atom stereocenters. The van der Waals surface area contributed by atoms with E-state index in [1.54, 1.807) is 4.90 Å². The SMILES string of the molecule is CC1CNC2(CCN(C(=O)OCc3ccccc3)CC2)CO1. The van der Waals surface area contributed by atoms with E-state index in [1.165, 1.54) is 0 Å². The number of likely N-dealkylation sites (tertiary alicyclic amines) is 1. The molecular formula is C17H24N2O3. The second-order valence-electron chi connectivity index (χ2n) is 6.31. The third kappa shape index (κ3) is 3.59. The van der Waals surface area contributed by atoms with Crippen molar-refractivity contribution in [1.82, 2.24) is 10.2 Å². The molecule has 2 aliphatic rings. The molecule has 2 heterocycles. The van der Waals surface area contributed by atoms with Crippen LogP contribution in [0.1, 0.15) is 25.3 Å². The predicted octanol–water partition coefficient (Wildman–Crippen LogP) is 2.17. The zero-order valence-corrected chi connectivity index (χ0v) is 13.1. The second-order valence-corrected chi connectivity index (χ2v) is 6.31. The van der Waals surface area contributed by atoms with Gasteiger partial charge in [-0.3, -0.25) is 0 Å². The average Bonchev–Trinajstić information content (AvgIpc) is 2.57. The monoisotopic (exact) mass is 304 g/mol. The Morgan fingerprint density at radius 3 is 2.73 bits per heavy atom. The van der Waals surface area contributed by atoms with Gasteiger partial charge >= 0.3 is 6.09 Å². The zero-order valence-electron chi connectivity index (χ0n) is 13.1. The topological polar surface area (TPSA) is 50.8 Å². The third-order valence-corrected chi connectivity index (χ3v) is 4.59. The van der Waals surface area contributed by atoms with Crippen LogP contribution in [0.3, 0.4) is 0 Å². The minimum absolute atomic E-state index is 0.0444. The van der Waals surface area contributed by atoms with E-state index in [4.69, 9.17) is 9.47 Å². The van der Waals surface area contributed by atoms with Gasteiger partial charge in [0.05, 0.1) is 12.7 Å². The molecule has 2 saturated heterocycles. The van der Waals surface area contributed by atoms with Crippen LogP contribution in [0.4, 0.5) is 4.79 Å². The number of ether oxygens (including phenoxy) is 2. The van der Waals surface area contributed by atoms with Crippen LogP contribution < -0.4 is 5.32 Å². The lowest BCUT2D eigenvalue weighted by Gasteiger charge is -2.45. The van der Waals surface area contributed by atoms with Crippen LogP contribution in [0, 0.1) is 0 Å². The minimum Gasteiger partial charge on any atom is -0.445 e. The Labute approximate surface area is 131 Å². The molecule has 3 rings (SSSR count). The molecule has 2 aliphatic heterocycles. The summed E-state index contributed by atoms with van der Waals surface area (Å²) in [6.45, 7) is 5.48. The summed E-state index contributed by atoms with van der Waals surface area (Å²) in [5, 5.41) is 3.60. The number of carbonyl (C=O) groups is 1. The van der Waals surface area contributed by atoms with Crippen molar-refractivity contribution >= 4 is 6.09 Å². The molecule has 120 valence electrons. The summed E-state index contributed by atoms with van der Waals surface area (Å²) in [5.41, 5.74) is 1.06. The van der Waals surface area contributed by atoms with Crippen molar-refractivity contribution in [1.29, 1.82) is 0 Å². The number of benzene rings is 1. The van der Waals surface area contributed by atoms with Crippen molar-refractivity contribution in [3.63, 3.8) is 0 Å². The summed E-state index contributed by atoms with van der Waals surface area (Å²) >= 11 is 0. The van der Waals surface area contributed by atoms with Crippen LogP contribution in [-0.4, -0.2) is 48.9 Å². The lowest BCUT2D eigenvalue weighted by Crippen LogP contribution is -2.61. The summed E-state index contributed by atoms with van der Waals surface area (Å²) in [7, 11) is 0. The highest BCUT2D eigenvalue weighted by molar-refractivity contribution is 5.67. The molecular weight excluding hydrogens is 280 g/mol. The van der Waals surface area contributed by atoms with E-state index in [-0.39, 0.29) is 17.7 Å². The van der Waals surface area contributed by atoms with Gasteiger partial charge in [0.2, 0.25) is 0 Å². The molecule has 1 aromatic carbocycles. The summed E-state index contributed by atoms with van der Waals surface area (Å²) in [4.78, 5) is 13.9. The first-order valence-corrected chi connectivity index (χ1v) is 7.99. The van der Waals surface area contributed by atoms with Gasteiger partial charge in [0.25, 0.3) is 0 Å². The van der Waals surface area contributed by atoms with Gasteiger partial charge in [0.1, 0.15) is 6.61 Å². The number of nitrogens with zero attached hydrogens (tertiary/aromatic N) is 1. The molecule has 0 radical (unpaired) electrons. The molecule has 0 aliphatic carbocycles. The fourth-order valence-corrected chi connectivity index (χ4v) is 3.02. The molecule has 1 unspecified atom stereocenters. The zero-order chi connectivity index (χ0) is 15.4. The van der Waals surface area contributed by atoms with Crippen molar-refractivity contribution in [2.45, 2.75) is 38.0 Å². The quantitative estimate of drug-likeness (QED) is 0.910. The molecule has 22 heavy (non-hydrogen) atoms. The van der Waals surface area contributed by atoms with E-state index < -0.39 is 0 Å². The molecule has 1 aromatic rings. The van der Waals surface area contributed by atoms with Crippen LogP contribution in [-0.2, 0) is 16.1 Å². The maximum Gasteiger partial charge on any atom is 0.410 e. The Hall–Kier alpha value is -1.59. The van der Waals surface area contributed by atoms with Crippen LogP contribution in [0.25, 0.3) is 0 Å². The van der Waals surface area contributed by atoms with Gasteiger partial charge in [-0.25, -0.2) is 4.79 Å². The van der Waals surface area contributed by atoms with Crippen molar-refractivity contribution in [2.24, 2.45) is 0 Å². The first-order chi connectivity index (χ1) is 10.7. The van der Waals surface area contributed by atoms with E-state index in [0.717, 1.165) is 44.6 Å². The van der Waals surface area contributed by atoms with E-state index >= 15 is 0 Å². The fraction of sp³-hybridized carbons (Fsp3) is 0.588. The molecule has 5 nitrogen and oxygen atoms in total. The van der Waals surface area contributed by atoms with Crippen LogP contribution in [0.2, 0.25) is 0 Å². The molecule has 1 spiro atoms. The summed E-state index contributed by atoms with van der Waals surface area (Å²) in [6, 6.07) is 9.77. The van der Waals surface area contributed by atoms with E-state index in [1.807, 2.05) is 30.3 Å². The van der Waals surface area contributed by atoms with Gasteiger partial charge in [-0.2, -0.15) is 0 Å². The van der Waals surface area contributed by atoms with Crippen LogP contribution >= 0.6 is 0 Å². The number of hydrogen-bond donors (Lipinski definition) is 1. The van der Waals surface area contributed by atoms with Crippen molar-refractivity contribution in [3.05, 3.63) is 35.9 Å². The third-order valence-electron chi connectivity index (χ3n) is 4.59. The fourth-order valence-electron chi connectivity index (χ4n) is 3.02. The van der Waals surface area contributed by atoms with Gasteiger partial charge in [-0.15, -0.1) is 0 Å². The number of piperidine rings is 1. The van der Waals surface area contributed by atoms with Gasteiger partial charge in [-0.05, 0) is 25.3 Å².